The highest BCUT2D eigenvalue weighted by Crippen LogP contribution is 2.30. The Kier molecular flexibility index (Phi) is 3.44. The zero-order valence-corrected chi connectivity index (χ0v) is 13.2. The van der Waals surface area contributed by atoms with Crippen LogP contribution >= 0.6 is 11.3 Å². The molecule has 1 N–H and O–H groups in total. The van der Waals surface area contributed by atoms with E-state index in [1.165, 1.54) is 0 Å². The van der Waals surface area contributed by atoms with Gasteiger partial charge in [-0.25, -0.2) is 9.97 Å². The van der Waals surface area contributed by atoms with E-state index in [1.807, 2.05) is 37.0 Å². The number of thiazole rings is 1. The van der Waals surface area contributed by atoms with Crippen LogP contribution in [0, 0.1) is 0 Å². The van der Waals surface area contributed by atoms with Crippen LogP contribution < -0.4 is 5.32 Å². The lowest BCUT2D eigenvalue weighted by atomic mass is 10.1. The Morgan fingerprint density at radius 1 is 1.00 bits per heavy atom. The van der Waals surface area contributed by atoms with E-state index in [2.05, 4.69) is 37.4 Å². The molecule has 0 atom stereocenters. The van der Waals surface area contributed by atoms with E-state index in [0.29, 0.717) is 5.82 Å². The van der Waals surface area contributed by atoms with E-state index in [-0.39, 0.29) is 0 Å². The van der Waals surface area contributed by atoms with Gasteiger partial charge in [-0.15, -0.1) is 11.3 Å². The van der Waals surface area contributed by atoms with Crippen molar-refractivity contribution < 1.29 is 0 Å². The minimum absolute atomic E-state index is 0.667. The van der Waals surface area contributed by atoms with Gasteiger partial charge in [-0.2, -0.15) is 0 Å². The second kappa shape index (κ2) is 5.73. The number of hydrogen-bond acceptors (Lipinski definition) is 6. The molecule has 0 fully saturated rings. The molecule has 23 heavy (non-hydrogen) atoms. The summed E-state index contributed by atoms with van der Waals surface area (Å²) in [6, 6.07) is 10.0. The van der Waals surface area contributed by atoms with Crippen molar-refractivity contribution >= 4 is 28.1 Å². The molecule has 4 aromatic rings. The topological polar surface area (TPSA) is 63.6 Å². The first-order chi connectivity index (χ1) is 11.3. The number of nitrogens with zero attached hydrogens (tertiary/aromatic N) is 4. The molecule has 4 rings (SSSR count). The molecular formula is C17H13N5S. The number of aromatic nitrogens is 4. The van der Waals surface area contributed by atoms with Gasteiger partial charge in [0.25, 0.3) is 0 Å². The Morgan fingerprint density at radius 2 is 1.96 bits per heavy atom. The van der Waals surface area contributed by atoms with Gasteiger partial charge in [0.05, 0.1) is 15.9 Å². The molecule has 3 heterocycles. The lowest BCUT2D eigenvalue weighted by molar-refractivity contribution is 1.20. The molecule has 0 saturated heterocycles. The fourth-order valence-electron chi connectivity index (χ4n) is 2.45. The average molecular weight is 319 g/mol. The quantitative estimate of drug-likeness (QED) is 0.621. The van der Waals surface area contributed by atoms with Gasteiger partial charge in [-0.05, 0) is 29.8 Å². The molecule has 0 aliphatic heterocycles. The molecule has 5 nitrogen and oxygen atoms in total. The van der Waals surface area contributed by atoms with Crippen molar-refractivity contribution in [2.24, 2.45) is 0 Å². The fourth-order valence-corrected chi connectivity index (χ4v) is 3.07. The van der Waals surface area contributed by atoms with Crippen LogP contribution in [0.2, 0.25) is 0 Å². The first-order valence-corrected chi connectivity index (χ1v) is 8.02. The highest BCUT2D eigenvalue weighted by Gasteiger charge is 2.10. The minimum Gasteiger partial charge on any atom is -0.373 e. The second-order valence-electron chi connectivity index (χ2n) is 4.99. The van der Waals surface area contributed by atoms with Gasteiger partial charge in [-0.3, -0.25) is 9.97 Å². The summed E-state index contributed by atoms with van der Waals surface area (Å²) in [4.78, 5) is 18.7. The normalized spacial score (nSPS) is 10.8. The van der Waals surface area contributed by atoms with Crippen molar-refractivity contribution in [3.8, 4) is 21.8 Å². The lowest BCUT2D eigenvalue weighted by Crippen LogP contribution is -1.99. The Bertz CT molecular complexity index is 952. The summed E-state index contributed by atoms with van der Waals surface area (Å²) in [6.45, 7) is 0. The predicted octanol–water partition coefficient (Wildman–Crippen LogP) is 3.86. The van der Waals surface area contributed by atoms with Gasteiger partial charge in [0.2, 0.25) is 0 Å². The van der Waals surface area contributed by atoms with Crippen LogP contribution in [0.1, 0.15) is 0 Å². The monoisotopic (exact) mass is 319 g/mol. The average Bonchev–Trinajstić information content (AvgIpc) is 3.15. The molecule has 6 heteroatoms. The predicted molar refractivity (Wildman–Crippen MR) is 93.4 cm³/mol. The Hall–Kier alpha value is -2.86. The molecule has 112 valence electrons. The third kappa shape index (κ3) is 2.53. The molecular weight excluding hydrogens is 306 g/mol. The summed E-state index contributed by atoms with van der Waals surface area (Å²) in [7, 11) is 1.87. The van der Waals surface area contributed by atoms with Crippen LogP contribution in [0.3, 0.4) is 0 Å². The molecule has 0 aliphatic carbocycles. The first kappa shape index (κ1) is 13.8. The Labute approximate surface area is 137 Å². The van der Waals surface area contributed by atoms with Crippen LogP contribution in [0.25, 0.3) is 32.7 Å². The van der Waals surface area contributed by atoms with Crippen LogP contribution in [-0.4, -0.2) is 27.0 Å². The summed E-state index contributed by atoms with van der Waals surface area (Å²) < 4.78 is 0. The van der Waals surface area contributed by atoms with Gasteiger partial charge in [0.15, 0.2) is 5.82 Å². The van der Waals surface area contributed by atoms with Gasteiger partial charge in [0.1, 0.15) is 5.82 Å². The largest absolute Gasteiger partial charge is 0.373 e. The summed E-state index contributed by atoms with van der Waals surface area (Å²) in [6.07, 6.45) is 5.38. The van der Waals surface area contributed by atoms with Crippen molar-refractivity contribution in [2.75, 3.05) is 12.4 Å². The van der Waals surface area contributed by atoms with E-state index in [4.69, 9.17) is 0 Å². The highest BCUT2D eigenvalue weighted by atomic mass is 32.1. The number of nitrogens with one attached hydrogen (secondary N) is 1. The SMILES string of the molecule is CNc1nc(-c2cccnc2)nc2ccc(-c3cncs3)cc12. The van der Waals surface area contributed by atoms with Crippen molar-refractivity contribution in [1.82, 2.24) is 19.9 Å². The molecule has 0 amide bonds. The number of anilines is 1. The summed E-state index contributed by atoms with van der Waals surface area (Å²) in [5, 5.41) is 4.16. The maximum atomic E-state index is 4.67. The van der Waals surface area contributed by atoms with E-state index in [1.54, 1.807) is 23.7 Å². The van der Waals surface area contributed by atoms with E-state index >= 15 is 0 Å². The maximum Gasteiger partial charge on any atom is 0.163 e. The molecule has 0 bridgehead atoms. The van der Waals surface area contributed by atoms with Gasteiger partial charge >= 0.3 is 0 Å². The first-order valence-electron chi connectivity index (χ1n) is 7.14. The van der Waals surface area contributed by atoms with Crippen LogP contribution in [0.5, 0.6) is 0 Å². The molecule has 0 unspecified atom stereocenters. The van der Waals surface area contributed by atoms with Gasteiger partial charge in [0, 0.05) is 36.6 Å². The van der Waals surface area contributed by atoms with Crippen molar-refractivity contribution in [1.29, 1.82) is 0 Å². The highest BCUT2D eigenvalue weighted by molar-refractivity contribution is 7.13. The van der Waals surface area contributed by atoms with Crippen molar-refractivity contribution in [3.63, 3.8) is 0 Å². The van der Waals surface area contributed by atoms with E-state index in [9.17, 15) is 0 Å². The molecule has 0 aliphatic rings. The molecule has 3 aromatic heterocycles. The minimum atomic E-state index is 0.667. The zero-order chi connectivity index (χ0) is 15.6. The molecule has 0 radical (unpaired) electrons. The van der Waals surface area contributed by atoms with Crippen LogP contribution in [-0.2, 0) is 0 Å². The third-order valence-corrected chi connectivity index (χ3v) is 4.39. The third-order valence-electron chi connectivity index (χ3n) is 3.57. The summed E-state index contributed by atoms with van der Waals surface area (Å²) >= 11 is 1.62. The van der Waals surface area contributed by atoms with Crippen molar-refractivity contribution in [2.45, 2.75) is 0 Å². The van der Waals surface area contributed by atoms with E-state index < -0.39 is 0 Å². The Balaban J connectivity index is 1.91. The standard InChI is InChI=1S/C17H13N5S/c1-18-17-13-7-11(15-9-20-10-23-15)4-5-14(13)21-16(22-17)12-3-2-6-19-8-12/h2-10H,1H3,(H,18,21,22). The smallest absolute Gasteiger partial charge is 0.163 e. The maximum absolute atomic E-state index is 4.67. The number of hydrogen-bond donors (Lipinski definition) is 1. The Morgan fingerprint density at radius 3 is 2.70 bits per heavy atom. The van der Waals surface area contributed by atoms with Gasteiger partial charge < -0.3 is 5.32 Å². The zero-order valence-electron chi connectivity index (χ0n) is 12.4. The van der Waals surface area contributed by atoms with E-state index in [0.717, 1.165) is 32.7 Å². The molecule has 0 spiro atoms. The number of pyridine rings is 1. The fraction of sp³-hybridized carbons (Fsp3) is 0.0588. The molecule has 0 saturated carbocycles. The summed E-state index contributed by atoms with van der Waals surface area (Å²) in [5.74, 6) is 1.47. The van der Waals surface area contributed by atoms with Gasteiger partial charge in [-0.1, -0.05) is 6.07 Å². The second-order valence-corrected chi connectivity index (χ2v) is 5.87. The summed E-state index contributed by atoms with van der Waals surface area (Å²) in [5.41, 5.74) is 4.75. The van der Waals surface area contributed by atoms with Crippen molar-refractivity contribution in [3.05, 3.63) is 54.4 Å². The number of benzene rings is 1. The molecule has 1 aromatic carbocycles. The number of fused-ring (bicyclic) bond motifs is 1. The number of rotatable bonds is 3. The van der Waals surface area contributed by atoms with Crippen LogP contribution in [0.4, 0.5) is 5.82 Å². The van der Waals surface area contributed by atoms with Crippen LogP contribution in [0.15, 0.2) is 54.4 Å². The lowest BCUT2D eigenvalue weighted by Gasteiger charge is -2.09.